The Labute approximate surface area is 147 Å². The third-order valence-corrected chi connectivity index (χ3v) is 5.88. The second kappa shape index (κ2) is 7.38. The van der Waals surface area contributed by atoms with Gasteiger partial charge in [-0.1, -0.05) is 24.1 Å². The molecule has 2 aromatic rings. The van der Waals surface area contributed by atoms with Gasteiger partial charge in [0.15, 0.2) is 0 Å². The number of thiophene rings is 1. The average molecular weight is 347 g/mol. The molecular formula is C18H25N3O2S. The fourth-order valence-electron chi connectivity index (χ4n) is 3.46. The number of nitrogens with one attached hydrogen (secondary N) is 1. The lowest BCUT2D eigenvalue weighted by Gasteiger charge is -2.27. The van der Waals surface area contributed by atoms with Crippen molar-refractivity contribution >= 4 is 17.4 Å². The zero-order valence-corrected chi connectivity index (χ0v) is 15.4. The second-order valence-electron chi connectivity index (χ2n) is 6.65. The summed E-state index contributed by atoms with van der Waals surface area (Å²) in [6, 6.07) is 4.26. The minimum Gasteiger partial charge on any atom is -0.361 e. The lowest BCUT2D eigenvalue weighted by Crippen LogP contribution is -2.41. The summed E-state index contributed by atoms with van der Waals surface area (Å²) in [6.45, 7) is 4.30. The highest BCUT2D eigenvalue weighted by Crippen LogP contribution is 2.37. The third kappa shape index (κ3) is 3.64. The summed E-state index contributed by atoms with van der Waals surface area (Å²) < 4.78 is 5.19. The van der Waals surface area contributed by atoms with Gasteiger partial charge in [0.2, 0.25) is 0 Å². The van der Waals surface area contributed by atoms with Gasteiger partial charge in [-0.05, 0) is 44.1 Å². The number of hydrogen-bond donors (Lipinski definition) is 1. The molecule has 1 atom stereocenters. The molecule has 1 fully saturated rings. The zero-order chi connectivity index (χ0) is 17.1. The van der Waals surface area contributed by atoms with E-state index in [1.54, 1.807) is 16.2 Å². The molecule has 1 N–H and O–H groups in total. The molecule has 130 valence electrons. The van der Waals surface area contributed by atoms with E-state index in [1.165, 1.54) is 30.6 Å². The van der Waals surface area contributed by atoms with Crippen LogP contribution in [0.4, 0.5) is 4.79 Å². The molecule has 0 saturated heterocycles. The van der Waals surface area contributed by atoms with E-state index in [4.69, 9.17) is 4.52 Å². The van der Waals surface area contributed by atoms with E-state index in [2.05, 4.69) is 28.0 Å². The van der Waals surface area contributed by atoms with Crippen LogP contribution in [-0.2, 0) is 6.54 Å². The Bertz CT molecular complexity index is 655. The Kier molecular flexibility index (Phi) is 5.23. The van der Waals surface area contributed by atoms with Gasteiger partial charge >= 0.3 is 6.03 Å². The predicted molar refractivity (Wildman–Crippen MR) is 95.0 cm³/mol. The van der Waals surface area contributed by atoms with Gasteiger partial charge in [-0.15, -0.1) is 11.3 Å². The fraction of sp³-hybridized carbons (Fsp3) is 0.556. The van der Waals surface area contributed by atoms with E-state index in [0.717, 1.165) is 17.0 Å². The summed E-state index contributed by atoms with van der Waals surface area (Å²) in [5, 5.41) is 9.30. The highest BCUT2D eigenvalue weighted by atomic mass is 32.1. The lowest BCUT2D eigenvalue weighted by molar-refractivity contribution is 0.197. The van der Waals surface area contributed by atoms with Gasteiger partial charge in [-0.3, -0.25) is 0 Å². The number of urea groups is 1. The van der Waals surface area contributed by atoms with Crippen LogP contribution in [0.2, 0.25) is 0 Å². The first-order valence-corrected chi connectivity index (χ1v) is 9.41. The molecule has 6 heteroatoms. The summed E-state index contributed by atoms with van der Waals surface area (Å²) in [5.41, 5.74) is 1.83. The molecule has 1 saturated carbocycles. The first-order chi connectivity index (χ1) is 11.6. The minimum absolute atomic E-state index is 0.0414. The van der Waals surface area contributed by atoms with Crippen molar-refractivity contribution < 1.29 is 9.32 Å². The molecule has 3 rings (SSSR count). The van der Waals surface area contributed by atoms with Crippen LogP contribution in [0.5, 0.6) is 0 Å². The molecule has 0 aromatic carbocycles. The SMILES string of the molecule is Cc1noc(C)c1CN(C)C(=O)NC(c1cccs1)C1CCCC1. The summed E-state index contributed by atoms with van der Waals surface area (Å²) in [6.07, 6.45) is 4.90. The summed E-state index contributed by atoms with van der Waals surface area (Å²) in [7, 11) is 1.82. The Hall–Kier alpha value is -1.82. The van der Waals surface area contributed by atoms with Gasteiger partial charge in [-0.2, -0.15) is 0 Å². The first kappa shape index (κ1) is 17.0. The number of amides is 2. The molecule has 0 bridgehead atoms. The van der Waals surface area contributed by atoms with E-state index in [0.29, 0.717) is 12.5 Å². The Morgan fingerprint density at radius 2 is 2.21 bits per heavy atom. The van der Waals surface area contributed by atoms with Gasteiger partial charge < -0.3 is 14.7 Å². The van der Waals surface area contributed by atoms with Crippen molar-refractivity contribution in [3.8, 4) is 0 Å². The van der Waals surface area contributed by atoms with Crippen LogP contribution in [-0.4, -0.2) is 23.1 Å². The van der Waals surface area contributed by atoms with Crippen LogP contribution < -0.4 is 5.32 Å². The van der Waals surface area contributed by atoms with E-state index >= 15 is 0 Å². The molecule has 24 heavy (non-hydrogen) atoms. The van der Waals surface area contributed by atoms with Gasteiger partial charge in [-0.25, -0.2) is 4.79 Å². The summed E-state index contributed by atoms with van der Waals surface area (Å²) in [4.78, 5) is 15.7. The number of nitrogens with zero attached hydrogens (tertiary/aromatic N) is 2. The number of aryl methyl sites for hydroxylation is 2. The Morgan fingerprint density at radius 3 is 2.79 bits per heavy atom. The Balaban J connectivity index is 1.68. The molecule has 2 aromatic heterocycles. The molecule has 1 aliphatic carbocycles. The predicted octanol–water partition coefficient (Wildman–Crippen LogP) is 4.43. The smallest absolute Gasteiger partial charge is 0.317 e. The number of aromatic nitrogens is 1. The molecule has 1 aliphatic rings. The highest BCUT2D eigenvalue weighted by Gasteiger charge is 2.29. The van der Waals surface area contributed by atoms with Crippen molar-refractivity contribution in [2.45, 2.75) is 52.1 Å². The van der Waals surface area contributed by atoms with Crippen LogP contribution in [0, 0.1) is 19.8 Å². The molecule has 5 nitrogen and oxygen atoms in total. The van der Waals surface area contributed by atoms with Crippen LogP contribution in [0.3, 0.4) is 0 Å². The van der Waals surface area contributed by atoms with Crippen molar-refractivity contribution in [1.29, 1.82) is 0 Å². The number of hydrogen-bond acceptors (Lipinski definition) is 4. The quantitative estimate of drug-likeness (QED) is 0.870. The normalized spacial score (nSPS) is 16.3. The van der Waals surface area contributed by atoms with Gasteiger partial charge in [0.25, 0.3) is 0 Å². The van der Waals surface area contributed by atoms with E-state index in [9.17, 15) is 4.79 Å². The van der Waals surface area contributed by atoms with Gasteiger partial charge in [0.1, 0.15) is 5.76 Å². The van der Waals surface area contributed by atoms with Crippen LogP contribution in [0.1, 0.15) is 53.6 Å². The van der Waals surface area contributed by atoms with E-state index in [-0.39, 0.29) is 12.1 Å². The lowest BCUT2D eigenvalue weighted by atomic mass is 9.97. The number of rotatable bonds is 5. The Morgan fingerprint density at radius 1 is 1.46 bits per heavy atom. The van der Waals surface area contributed by atoms with Crippen molar-refractivity contribution in [1.82, 2.24) is 15.4 Å². The van der Waals surface area contributed by atoms with Gasteiger partial charge in [0, 0.05) is 17.5 Å². The monoisotopic (exact) mass is 347 g/mol. The van der Waals surface area contributed by atoms with Crippen LogP contribution >= 0.6 is 11.3 Å². The standard InChI is InChI=1S/C18H25N3O2S/c1-12-15(13(2)23-20-12)11-21(3)18(22)19-17(14-7-4-5-8-14)16-9-6-10-24-16/h6,9-10,14,17H,4-5,7-8,11H2,1-3H3,(H,19,22). The first-order valence-electron chi connectivity index (χ1n) is 8.53. The maximum absolute atomic E-state index is 12.7. The molecule has 1 unspecified atom stereocenters. The largest absolute Gasteiger partial charge is 0.361 e. The number of carbonyl (C=O) groups is 1. The van der Waals surface area contributed by atoms with Crippen molar-refractivity contribution in [3.05, 3.63) is 39.4 Å². The summed E-state index contributed by atoms with van der Waals surface area (Å²) >= 11 is 1.72. The van der Waals surface area contributed by atoms with E-state index < -0.39 is 0 Å². The number of carbonyl (C=O) groups excluding carboxylic acids is 1. The average Bonchev–Trinajstić information content (AvgIpc) is 3.31. The molecule has 0 spiro atoms. The fourth-order valence-corrected chi connectivity index (χ4v) is 4.33. The molecular weight excluding hydrogens is 322 g/mol. The highest BCUT2D eigenvalue weighted by molar-refractivity contribution is 7.10. The third-order valence-electron chi connectivity index (χ3n) is 4.92. The van der Waals surface area contributed by atoms with Crippen molar-refractivity contribution in [2.24, 2.45) is 5.92 Å². The maximum Gasteiger partial charge on any atom is 0.317 e. The maximum atomic E-state index is 12.7. The van der Waals surface area contributed by atoms with Crippen molar-refractivity contribution in [2.75, 3.05) is 7.05 Å². The van der Waals surface area contributed by atoms with Crippen LogP contribution in [0.15, 0.2) is 22.0 Å². The van der Waals surface area contributed by atoms with E-state index in [1.807, 2.05) is 20.9 Å². The zero-order valence-electron chi connectivity index (χ0n) is 14.5. The minimum atomic E-state index is -0.0414. The molecule has 0 radical (unpaired) electrons. The summed E-state index contributed by atoms with van der Waals surface area (Å²) in [5.74, 6) is 1.32. The molecule has 2 heterocycles. The van der Waals surface area contributed by atoms with Crippen LogP contribution in [0.25, 0.3) is 0 Å². The second-order valence-corrected chi connectivity index (χ2v) is 7.63. The molecule has 2 amide bonds. The van der Waals surface area contributed by atoms with Crippen molar-refractivity contribution in [3.63, 3.8) is 0 Å². The molecule has 0 aliphatic heterocycles. The topological polar surface area (TPSA) is 58.4 Å². The van der Waals surface area contributed by atoms with Gasteiger partial charge in [0.05, 0.1) is 18.3 Å².